The molecule has 1 heterocycles. The fraction of sp³-hybridized carbons (Fsp3) is 0.286. The molecule has 0 aliphatic heterocycles. The maximum Gasteiger partial charge on any atom is 0.268 e. The van der Waals surface area contributed by atoms with E-state index < -0.39 is 10.0 Å². The summed E-state index contributed by atoms with van der Waals surface area (Å²) in [7, 11) is -3.64. The van der Waals surface area contributed by atoms with Crippen LogP contribution in [0.15, 0.2) is 45.9 Å². The van der Waals surface area contributed by atoms with Crippen molar-refractivity contribution in [1.82, 2.24) is 3.97 Å². The van der Waals surface area contributed by atoms with E-state index in [1.807, 2.05) is 13.8 Å². The van der Waals surface area contributed by atoms with Crippen molar-refractivity contribution in [2.75, 3.05) is 0 Å². The predicted octanol–water partition coefficient (Wildman–Crippen LogP) is 3.21. The maximum absolute atomic E-state index is 12.7. The summed E-state index contributed by atoms with van der Waals surface area (Å²) in [6.07, 6.45) is 0.667. The van der Waals surface area contributed by atoms with Crippen LogP contribution in [0.5, 0.6) is 0 Å². The van der Waals surface area contributed by atoms with E-state index in [0.717, 1.165) is 5.56 Å². The molecule has 20 heavy (non-hydrogen) atoms. The van der Waals surface area contributed by atoms with E-state index in [9.17, 15) is 8.42 Å². The van der Waals surface area contributed by atoms with Gasteiger partial charge < -0.3 is 5.73 Å². The van der Waals surface area contributed by atoms with Gasteiger partial charge in [-0.2, -0.15) is 0 Å². The second-order valence-corrected chi connectivity index (χ2v) is 7.28. The van der Waals surface area contributed by atoms with Crippen molar-refractivity contribution in [3.8, 4) is 0 Å². The monoisotopic (exact) mass is 356 g/mol. The summed E-state index contributed by atoms with van der Waals surface area (Å²) in [6.45, 7) is 3.84. The van der Waals surface area contributed by atoms with Crippen LogP contribution >= 0.6 is 15.9 Å². The minimum absolute atomic E-state index is 0.254. The molecule has 0 unspecified atom stereocenters. The first-order valence-corrected chi connectivity index (χ1v) is 8.56. The summed E-state index contributed by atoms with van der Waals surface area (Å²) in [6, 6.07) is 9.91. The number of benzene rings is 1. The summed E-state index contributed by atoms with van der Waals surface area (Å²) < 4.78 is 27.2. The van der Waals surface area contributed by atoms with Crippen LogP contribution in [0, 0.1) is 6.92 Å². The summed E-state index contributed by atoms with van der Waals surface area (Å²) in [5.74, 6) is 0. The quantitative estimate of drug-likeness (QED) is 0.914. The average Bonchev–Trinajstić information content (AvgIpc) is 2.81. The molecular weight excluding hydrogens is 340 g/mol. The second-order valence-electron chi connectivity index (χ2n) is 4.68. The molecule has 108 valence electrons. The van der Waals surface area contributed by atoms with Gasteiger partial charge in [-0.1, -0.05) is 24.6 Å². The molecule has 1 aromatic heterocycles. The van der Waals surface area contributed by atoms with Crippen molar-refractivity contribution in [2.24, 2.45) is 5.73 Å². The normalized spacial score (nSPS) is 13.4. The Hall–Kier alpha value is -1.11. The number of aromatic nitrogens is 1. The van der Waals surface area contributed by atoms with Crippen LogP contribution in [0.4, 0.5) is 0 Å². The number of nitrogens with zero attached hydrogens (tertiary/aromatic N) is 1. The van der Waals surface area contributed by atoms with Crippen LogP contribution < -0.4 is 5.73 Å². The molecule has 1 aromatic carbocycles. The standard InChI is InChI=1S/C14H17BrN2O2S/c1-3-12(16)13-8-9-14(15)17(13)20(18,19)11-6-4-10(2)5-7-11/h4-9,12H,3,16H2,1-2H3/t12-/m0/s1. The third-order valence-corrected chi connectivity index (χ3v) is 5.81. The van der Waals surface area contributed by atoms with Gasteiger partial charge in [0.05, 0.1) is 10.6 Å². The van der Waals surface area contributed by atoms with Gasteiger partial charge in [-0.25, -0.2) is 12.4 Å². The van der Waals surface area contributed by atoms with Gasteiger partial charge in [-0.05, 0) is 53.5 Å². The minimum atomic E-state index is -3.64. The van der Waals surface area contributed by atoms with Crippen molar-refractivity contribution < 1.29 is 8.42 Å². The van der Waals surface area contributed by atoms with E-state index in [1.54, 1.807) is 36.4 Å². The smallest absolute Gasteiger partial charge is 0.268 e. The first-order chi connectivity index (χ1) is 9.37. The van der Waals surface area contributed by atoms with Crippen LogP contribution in [-0.4, -0.2) is 12.4 Å². The summed E-state index contributed by atoms with van der Waals surface area (Å²) in [5.41, 5.74) is 7.60. The zero-order valence-corrected chi connectivity index (χ0v) is 13.8. The Labute approximate surface area is 127 Å². The molecule has 0 saturated carbocycles. The van der Waals surface area contributed by atoms with Crippen molar-refractivity contribution in [3.63, 3.8) is 0 Å². The Kier molecular flexibility index (Phi) is 4.36. The van der Waals surface area contributed by atoms with Gasteiger partial charge in [0.25, 0.3) is 10.0 Å². The highest BCUT2D eigenvalue weighted by Crippen LogP contribution is 2.27. The van der Waals surface area contributed by atoms with Crippen molar-refractivity contribution in [3.05, 3.63) is 52.3 Å². The number of rotatable bonds is 4. The fourth-order valence-electron chi connectivity index (χ4n) is 1.97. The zero-order valence-electron chi connectivity index (χ0n) is 11.4. The highest BCUT2D eigenvalue weighted by molar-refractivity contribution is 9.10. The van der Waals surface area contributed by atoms with E-state index >= 15 is 0 Å². The molecule has 1 atom stereocenters. The molecule has 4 nitrogen and oxygen atoms in total. The molecular formula is C14H17BrN2O2S. The van der Waals surface area contributed by atoms with Gasteiger partial charge >= 0.3 is 0 Å². The lowest BCUT2D eigenvalue weighted by atomic mass is 10.2. The van der Waals surface area contributed by atoms with Gasteiger partial charge in [-0.3, -0.25) is 0 Å². The largest absolute Gasteiger partial charge is 0.323 e. The maximum atomic E-state index is 12.7. The highest BCUT2D eigenvalue weighted by atomic mass is 79.9. The number of aryl methyl sites for hydroxylation is 1. The lowest BCUT2D eigenvalue weighted by molar-refractivity contribution is 0.576. The summed E-state index contributed by atoms with van der Waals surface area (Å²) in [4.78, 5) is 0.254. The zero-order chi connectivity index (χ0) is 14.9. The number of nitrogens with two attached hydrogens (primary N) is 1. The average molecular weight is 357 g/mol. The van der Waals surface area contributed by atoms with Gasteiger partial charge in [0, 0.05) is 6.04 Å². The molecule has 0 bridgehead atoms. The van der Waals surface area contributed by atoms with Gasteiger partial charge in [-0.15, -0.1) is 0 Å². The molecule has 0 amide bonds. The van der Waals surface area contributed by atoms with Gasteiger partial charge in [0.1, 0.15) is 4.60 Å². The van der Waals surface area contributed by atoms with Gasteiger partial charge in [0.2, 0.25) is 0 Å². The van der Waals surface area contributed by atoms with Crippen molar-refractivity contribution >= 4 is 26.0 Å². The Morgan fingerprint density at radius 1 is 1.20 bits per heavy atom. The summed E-state index contributed by atoms with van der Waals surface area (Å²) in [5, 5.41) is 0. The Balaban J connectivity index is 2.60. The highest BCUT2D eigenvalue weighted by Gasteiger charge is 2.24. The fourth-order valence-corrected chi connectivity index (χ4v) is 4.33. The Morgan fingerprint density at radius 2 is 1.80 bits per heavy atom. The molecule has 0 aliphatic rings. The minimum Gasteiger partial charge on any atom is -0.323 e. The van der Waals surface area contributed by atoms with E-state index in [4.69, 9.17) is 5.73 Å². The molecule has 2 rings (SSSR count). The number of halogens is 1. The van der Waals surface area contributed by atoms with Crippen molar-refractivity contribution in [2.45, 2.75) is 31.2 Å². The first-order valence-electron chi connectivity index (χ1n) is 6.33. The summed E-state index contributed by atoms with van der Waals surface area (Å²) >= 11 is 3.29. The van der Waals surface area contributed by atoms with Crippen LogP contribution in [-0.2, 0) is 10.0 Å². The Morgan fingerprint density at radius 3 is 2.35 bits per heavy atom. The van der Waals surface area contributed by atoms with Gasteiger partial charge in [0.15, 0.2) is 0 Å². The SMILES string of the molecule is CC[C@H](N)c1ccc(Br)n1S(=O)(=O)c1ccc(C)cc1. The van der Waals surface area contributed by atoms with Crippen LogP contribution in [0.1, 0.15) is 30.6 Å². The molecule has 2 N–H and O–H groups in total. The van der Waals surface area contributed by atoms with E-state index in [0.29, 0.717) is 16.7 Å². The third-order valence-electron chi connectivity index (χ3n) is 3.20. The molecule has 0 saturated heterocycles. The van der Waals surface area contributed by atoms with E-state index in [1.165, 1.54) is 3.97 Å². The lowest BCUT2D eigenvalue weighted by Crippen LogP contribution is -2.21. The van der Waals surface area contributed by atoms with Crippen LogP contribution in [0.2, 0.25) is 0 Å². The molecule has 0 radical (unpaired) electrons. The third kappa shape index (κ3) is 2.68. The molecule has 2 aromatic rings. The number of hydrogen-bond acceptors (Lipinski definition) is 3. The van der Waals surface area contributed by atoms with E-state index in [2.05, 4.69) is 15.9 Å². The lowest BCUT2D eigenvalue weighted by Gasteiger charge is -2.15. The van der Waals surface area contributed by atoms with Crippen LogP contribution in [0.3, 0.4) is 0 Å². The first kappa shape index (κ1) is 15.3. The van der Waals surface area contributed by atoms with Crippen LogP contribution in [0.25, 0.3) is 0 Å². The molecule has 0 fully saturated rings. The molecule has 0 spiro atoms. The van der Waals surface area contributed by atoms with E-state index in [-0.39, 0.29) is 10.9 Å². The predicted molar refractivity (Wildman–Crippen MR) is 83.1 cm³/mol. The van der Waals surface area contributed by atoms with Crippen molar-refractivity contribution in [1.29, 1.82) is 0 Å². The topological polar surface area (TPSA) is 65.1 Å². The number of hydrogen-bond donors (Lipinski definition) is 1. The molecule has 6 heteroatoms. The Bertz CT molecular complexity index is 705. The molecule has 0 aliphatic carbocycles. The second kappa shape index (κ2) is 5.71.